The largest absolute Gasteiger partial charge is 0.478 e. The molecule has 0 spiro atoms. The molecule has 2 aromatic heterocycles. The number of hydrogen-bond acceptors (Lipinski definition) is 8. The van der Waals surface area contributed by atoms with Crippen molar-refractivity contribution in [2.45, 2.75) is 6.54 Å². The highest BCUT2D eigenvalue weighted by Gasteiger charge is 2.17. The van der Waals surface area contributed by atoms with Crippen LogP contribution in [0.15, 0.2) is 54.7 Å². The molecule has 2 N–H and O–H groups in total. The molecule has 0 radical (unpaired) electrons. The summed E-state index contributed by atoms with van der Waals surface area (Å²) in [6.07, 6.45) is 1.89. The van der Waals surface area contributed by atoms with E-state index in [4.69, 9.17) is 14.7 Å². The molecule has 36 heavy (non-hydrogen) atoms. The number of carboxylic acids is 1. The van der Waals surface area contributed by atoms with Gasteiger partial charge in [0.15, 0.2) is 0 Å². The predicted octanol–water partition coefficient (Wildman–Crippen LogP) is 3.33. The number of anilines is 3. The van der Waals surface area contributed by atoms with E-state index in [-0.39, 0.29) is 5.56 Å². The number of aromatic nitrogens is 4. The van der Waals surface area contributed by atoms with Crippen LogP contribution in [0, 0.1) is 0 Å². The highest BCUT2D eigenvalue weighted by atomic mass is 16.5. The molecule has 0 aliphatic carbocycles. The zero-order chi connectivity index (χ0) is 25.1. The van der Waals surface area contributed by atoms with E-state index in [1.165, 1.54) is 0 Å². The summed E-state index contributed by atoms with van der Waals surface area (Å²) in [5, 5.41) is 18.1. The lowest BCUT2D eigenvalue weighted by Crippen LogP contribution is -2.37. The monoisotopic (exact) mass is 487 g/mol. The fraction of sp³-hybridized carbons (Fsp3) is 0.308. The zero-order valence-corrected chi connectivity index (χ0v) is 20.4. The van der Waals surface area contributed by atoms with Crippen LogP contribution in [0.3, 0.4) is 0 Å². The summed E-state index contributed by atoms with van der Waals surface area (Å²) in [4.78, 5) is 25.1. The van der Waals surface area contributed by atoms with Crippen molar-refractivity contribution in [3.05, 3.63) is 60.3 Å². The smallest absolute Gasteiger partial charge is 0.335 e. The Balaban J connectivity index is 1.51. The lowest BCUT2D eigenvalue weighted by molar-refractivity contribution is 0.0697. The topological polar surface area (TPSA) is 109 Å². The molecule has 1 aliphatic rings. The summed E-state index contributed by atoms with van der Waals surface area (Å²) in [5.41, 5.74) is 3.79. The molecule has 3 heterocycles. The van der Waals surface area contributed by atoms with Crippen molar-refractivity contribution >= 4 is 34.3 Å². The predicted molar refractivity (Wildman–Crippen MR) is 139 cm³/mol. The average Bonchev–Trinajstić information content (AvgIpc) is 3.30. The molecule has 1 aliphatic heterocycles. The molecule has 186 valence electrons. The van der Waals surface area contributed by atoms with Crippen LogP contribution in [0.25, 0.3) is 22.2 Å². The van der Waals surface area contributed by atoms with Gasteiger partial charge in [0.05, 0.1) is 42.7 Å². The van der Waals surface area contributed by atoms with Crippen molar-refractivity contribution in [3.8, 4) is 11.3 Å². The average molecular weight is 488 g/mol. The molecule has 0 saturated carbocycles. The van der Waals surface area contributed by atoms with Crippen LogP contribution in [0.4, 0.5) is 17.5 Å². The second-order valence-corrected chi connectivity index (χ2v) is 8.99. The van der Waals surface area contributed by atoms with Crippen LogP contribution in [-0.2, 0) is 11.3 Å². The number of fused-ring (bicyclic) bond motifs is 1. The van der Waals surface area contributed by atoms with E-state index < -0.39 is 5.97 Å². The number of aromatic carboxylic acids is 1. The normalized spacial score (nSPS) is 13.9. The maximum atomic E-state index is 11.2. The Hall–Kier alpha value is -4.02. The van der Waals surface area contributed by atoms with Crippen molar-refractivity contribution in [2.24, 2.45) is 0 Å². The zero-order valence-electron chi connectivity index (χ0n) is 20.4. The number of rotatable bonds is 8. The molecule has 0 bridgehead atoms. The van der Waals surface area contributed by atoms with Crippen LogP contribution in [0.5, 0.6) is 0 Å². The first-order chi connectivity index (χ1) is 17.5. The second-order valence-electron chi connectivity index (χ2n) is 8.99. The molecule has 0 unspecified atom stereocenters. The Morgan fingerprint density at radius 3 is 2.58 bits per heavy atom. The van der Waals surface area contributed by atoms with Gasteiger partial charge in [-0.1, -0.05) is 12.1 Å². The third-order valence-electron chi connectivity index (χ3n) is 6.11. The molecule has 0 atom stereocenters. The van der Waals surface area contributed by atoms with Crippen LogP contribution >= 0.6 is 0 Å². The molecule has 4 aromatic rings. The Kier molecular flexibility index (Phi) is 6.79. The second kappa shape index (κ2) is 10.3. The first-order valence-electron chi connectivity index (χ1n) is 11.9. The number of likely N-dealkylation sites (N-methyl/N-ethyl adjacent to an activating group) is 1. The number of nitrogens with zero attached hydrogens (tertiary/aromatic N) is 6. The molecule has 10 heteroatoms. The van der Waals surface area contributed by atoms with Crippen molar-refractivity contribution in [2.75, 3.05) is 57.2 Å². The molecule has 5 rings (SSSR count). The number of ether oxygens (including phenoxy) is 1. The third kappa shape index (κ3) is 5.29. The first kappa shape index (κ1) is 23.7. The van der Waals surface area contributed by atoms with Gasteiger partial charge in [0.25, 0.3) is 0 Å². The van der Waals surface area contributed by atoms with Crippen molar-refractivity contribution < 1.29 is 14.6 Å². The number of benzene rings is 2. The Morgan fingerprint density at radius 1 is 1.08 bits per heavy atom. The van der Waals surface area contributed by atoms with Gasteiger partial charge in [-0.3, -0.25) is 4.68 Å². The minimum Gasteiger partial charge on any atom is -0.478 e. The minimum atomic E-state index is -0.958. The summed E-state index contributed by atoms with van der Waals surface area (Å²) in [7, 11) is 4.10. The fourth-order valence-electron chi connectivity index (χ4n) is 4.10. The van der Waals surface area contributed by atoms with Gasteiger partial charge in [-0.05, 0) is 44.4 Å². The van der Waals surface area contributed by atoms with Gasteiger partial charge in [-0.25, -0.2) is 9.78 Å². The molecule has 10 nitrogen and oxygen atoms in total. The van der Waals surface area contributed by atoms with E-state index in [0.29, 0.717) is 38.1 Å². The summed E-state index contributed by atoms with van der Waals surface area (Å²) >= 11 is 0. The third-order valence-corrected chi connectivity index (χ3v) is 6.11. The molecule has 0 amide bonds. The van der Waals surface area contributed by atoms with E-state index in [1.807, 2.05) is 16.9 Å². The maximum Gasteiger partial charge on any atom is 0.335 e. The summed E-state index contributed by atoms with van der Waals surface area (Å²) < 4.78 is 7.53. The highest BCUT2D eigenvalue weighted by Crippen LogP contribution is 2.28. The van der Waals surface area contributed by atoms with E-state index >= 15 is 0 Å². The number of nitrogens with one attached hydrogen (secondary N) is 1. The van der Waals surface area contributed by atoms with Gasteiger partial charge < -0.3 is 25.0 Å². The Labute approximate surface area is 209 Å². The van der Waals surface area contributed by atoms with Gasteiger partial charge >= 0.3 is 5.97 Å². The number of carboxylic acid groups (broad SMARTS) is 1. The van der Waals surface area contributed by atoms with Crippen molar-refractivity contribution in [1.29, 1.82) is 0 Å². The molecular formula is C26H29N7O3. The van der Waals surface area contributed by atoms with E-state index in [9.17, 15) is 9.90 Å². The van der Waals surface area contributed by atoms with Gasteiger partial charge in [0.2, 0.25) is 5.95 Å². The van der Waals surface area contributed by atoms with Crippen LogP contribution < -0.4 is 10.2 Å². The SMILES string of the molecule is CN(C)CCn1ncc2ccc(-c3cc(Nc4ccc(C(=O)O)cc4)nc(N4CCOCC4)n3)cc21. The summed E-state index contributed by atoms with van der Waals surface area (Å²) in [6.45, 7) is 4.37. The standard InChI is InChI=1S/C26H29N7O3/c1-31(2)9-10-33-23-15-19(3-4-20(23)17-27-33)22-16-24(28-21-7-5-18(6-8-21)25(34)35)30-26(29-22)32-11-13-36-14-12-32/h3-8,15-17H,9-14H2,1-2H3,(H,34,35)(H,28,29,30). The van der Waals surface area contributed by atoms with Gasteiger partial charge in [-0.15, -0.1) is 0 Å². The summed E-state index contributed by atoms with van der Waals surface area (Å²) in [5.74, 6) is 0.299. The molecule has 2 aromatic carbocycles. The molecule has 1 saturated heterocycles. The van der Waals surface area contributed by atoms with Crippen molar-refractivity contribution in [1.82, 2.24) is 24.6 Å². The van der Waals surface area contributed by atoms with Gasteiger partial charge in [0, 0.05) is 42.3 Å². The Bertz CT molecular complexity index is 1360. The van der Waals surface area contributed by atoms with Crippen LogP contribution in [0.1, 0.15) is 10.4 Å². The number of morpholine rings is 1. The first-order valence-corrected chi connectivity index (χ1v) is 11.9. The van der Waals surface area contributed by atoms with E-state index in [1.54, 1.807) is 24.3 Å². The summed E-state index contributed by atoms with van der Waals surface area (Å²) in [6, 6.07) is 14.8. The lowest BCUT2D eigenvalue weighted by atomic mass is 10.1. The number of carbonyl (C=O) groups is 1. The molecular weight excluding hydrogens is 458 g/mol. The minimum absolute atomic E-state index is 0.233. The van der Waals surface area contributed by atoms with Crippen LogP contribution in [-0.4, -0.2) is 82.7 Å². The van der Waals surface area contributed by atoms with Gasteiger partial charge in [-0.2, -0.15) is 10.1 Å². The van der Waals surface area contributed by atoms with Crippen molar-refractivity contribution in [3.63, 3.8) is 0 Å². The lowest BCUT2D eigenvalue weighted by Gasteiger charge is -2.27. The van der Waals surface area contributed by atoms with Crippen LogP contribution in [0.2, 0.25) is 0 Å². The van der Waals surface area contributed by atoms with Gasteiger partial charge in [0.1, 0.15) is 5.82 Å². The highest BCUT2D eigenvalue weighted by molar-refractivity contribution is 5.88. The van der Waals surface area contributed by atoms with E-state index in [2.05, 4.69) is 52.5 Å². The maximum absolute atomic E-state index is 11.2. The quantitative estimate of drug-likeness (QED) is 0.387. The van der Waals surface area contributed by atoms with E-state index in [0.717, 1.165) is 40.9 Å². The fourth-order valence-corrected chi connectivity index (χ4v) is 4.10. The molecule has 1 fully saturated rings. The Morgan fingerprint density at radius 2 is 1.86 bits per heavy atom. The number of hydrogen-bond donors (Lipinski definition) is 2.